The maximum absolute atomic E-state index is 10.7. The molecule has 1 heterocycles. The van der Waals surface area contributed by atoms with Crippen LogP contribution in [0.25, 0.3) is 0 Å². The molecule has 0 radical (unpaired) electrons. The minimum absolute atomic E-state index is 0.518. The largest absolute Gasteiger partial charge is 0.480 e. The predicted octanol–water partition coefficient (Wildman–Crippen LogP) is 2.41. The van der Waals surface area contributed by atoms with E-state index in [-0.39, 0.29) is 0 Å². The first-order chi connectivity index (χ1) is 8.66. The molecule has 1 unspecified atom stereocenters. The van der Waals surface area contributed by atoms with Crippen LogP contribution in [0.5, 0.6) is 0 Å². The van der Waals surface area contributed by atoms with Gasteiger partial charge in [-0.1, -0.05) is 19.3 Å². The smallest absolute Gasteiger partial charge is 0.325 e. The van der Waals surface area contributed by atoms with Crippen LogP contribution in [0.1, 0.15) is 50.6 Å². The second-order valence-electron chi connectivity index (χ2n) is 4.88. The summed E-state index contributed by atoms with van der Waals surface area (Å²) in [7, 11) is 0. The SMILES string of the molecule is CC(Nc1ccc(C2CCCCC2)nn1)C(=O)O. The van der Waals surface area contributed by atoms with Gasteiger partial charge in [0, 0.05) is 5.92 Å². The molecule has 1 aliphatic rings. The van der Waals surface area contributed by atoms with Crippen LogP contribution in [-0.2, 0) is 4.79 Å². The Balaban J connectivity index is 1.98. The van der Waals surface area contributed by atoms with Crippen molar-refractivity contribution in [3.8, 4) is 0 Å². The predicted molar refractivity (Wildman–Crippen MR) is 68.6 cm³/mol. The Morgan fingerprint density at radius 3 is 2.61 bits per heavy atom. The summed E-state index contributed by atoms with van der Waals surface area (Å²) in [5.41, 5.74) is 1.03. The molecule has 0 spiro atoms. The molecule has 0 saturated heterocycles. The van der Waals surface area contributed by atoms with Crippen LogP contribution in [0, 0.1) is 0 Å². The Labute approximate surface area is 107 Å². The second-order valence-corrected chi connectivity index (χ2v) is 4.88. The normalized spacial score (nSPS) is 18.3. The van der Waals surface area contributed by atoms with Crippen LogP contribution in [0.15, 0.2) is 12.1 Å². The number of anilines is 1. The Morgan fingerprint density at radius 2 is 2.06 bits per heavy atom. The molecular formula is C13H19N3O2. The fourth-order valence-corrected chi connectivity index (χ4v) is 2.32. The highest BCUT2D eigenvalue weighted by molar-refractivity contribution is 5.76. The molecule has 1 saturated carbocycles. The van der Waals surface area contributed by atoms with E-state index in [9.17, 15) is 4.79 Å². The first-order valence-electron chi connectivity index (χ1n) is 6.50. The first kappa shape index (κ1) is 12.8. The minimum atomic E-state index is -0.895. The van der Waals surface area contributed by atoms with Crippen LogP contribution in [-0.4, -0.2) is 27.3 Å². The van der Waals surface area contributed by atoms with E-state index in [1.807, 2.05) is 12.1 Å². The van der Waals surface area contributed by atoms with Gasteiger partial charge in [-0.05, 0) is 31.9 Å². The van der Waals surface area contributed by atoms with Gasteiger partial charge in [0.2, 0.25) is 0 Å². The van der Waals surface area contributed by atoms with Crippen LogP contribution >= 0.6 is 0 Å². The molecule has 1 aromatic rings. The average Bonchev–Trinajstić information content (AvgIpc) is 2.40. The zero-order valence-corrected chi connectivity index (χ0v) is 10.6. The summed E-state index contributed by atoms with van der Waals surface area (Å²) in [4.78, 5) is 10.7. The van der Waals surface area contributed by atoms with Gasteiger partial charge < -0.3 is 10.4 Å². The fourth-order valence-electron chi connectivity index (χ4n) is 2.32. The Morgan fingerprint density at radius 1 is 1.33 bits per heavy atom. The molecule has 1 aliphatic carbocycles. The topological polar surface area (TPSA) is 75.1 Å². The van der Waals surface area contributed by atoms with E-state index >= 15 is 0 Å². The molecule has 1 aromatic heterocycles. The second kappa shape index (κ2) is 5.80. The standard InChI is InChI=1S/C13H19N3O2/c1-9(13(17)18)14-12-8-7-11(15-16-12)10-5-3-2-4-6-10/h7-10H,2-6H2,1H3,(H,14,16)(H,17,18). The molecule has 18 heavy (non-hydrogen) atoms. The summed E-state index contributed by atoms with van der Waals surface area (Å²) in [6, 6.07) is 3.12. The number of nitrogens with one attached hydrogen (secondary N) is 1. The molecule has 2 N–H and O–H groups in total. The molecule has 0 aliphatic heterocycles. The van der Waals surface area contributed by atoms with E-state index in [0.29, 0.717) is 11.7 Å². The van der Waals surface area contributed by atoms with Crippen molar-refractivity contribution in [2.24, 2.45) is 0 Å². The van der Waals surface area contributed by atoms with E-state index in [2.05, 4.69) is 15.5 Å². The van der Waals surface area contributed by atoms with Gasteiger partial charge in [0.05, 0.1) is 5.69 Å². The van der Waals surface area contributed by atoms with E-state index in [1.54, 1.807) is 6.92 Å². The van der Waals surface area contributed by atoms with Crippen molar-refractivity contribution in [3.63, 3.8) is 0 Å². The summed E-state index contributed by atoms with van der Waals surface area (Å²) in [5.74, 6) is 0.148. The highest BCUT2D eigenvalue weighted by Crippen LogP contribution is 2.31. The van der Waals surface area contributed by atoms with E-state index < -0.39 is 12.0 Å². The summed E-state index contributed by atoms with van der Waals surface area (Å²) in [6.45, 7) is 1.58. The summed E-state index contributed by atoms with van der Waals surface area (Å²) >= 11 is 0. The van der Waals surface area contributed by atoms with Gasteiger partial charge in [-0.3, -0.25) is 4.79 Å². The molecule has 0 bridgehead atoms. The highest BCUT2D eigenvalue weighted by Gasteiger charge is 2.17. The molecule has 1 fully saturated rings. The number of nitrogens with zero attached hydrogens (tertiary/aromatic N) is 2. The monoisotopic (exact) mass is 249 g/mol. The van der Waals surface area contributed by atoms with Crippen LogP contribution in [0.2, 0.25) is 0 Å². The lowest BCUT2D eigenvalue weighted by atomic mass is 9.87. The van der Waals surface area contributed by atoms with Crippen LogP contribution in [0.4, 0.5) is 5.82 Å². The van der Waals surface area contributed by atoms with Crippen molar-refractivity contribution < 1.29 is 9.90 Å². The van der Waals surface area contributed by atoms with E-state index in [1.165, 1.54) is 32.1 Å². The number of carboxylic acids is 1. The first-order valence-corrected chi connectivity index (χ1v) is 6.50. The van der Waals surface area contributed by atoms with Gasteiger partial charge in [-0.15, -0.1) is 5.10 Å². The van der Waals surface area contributed by atoms with Crippen molar-refractivity contribution in [1.82, 2.24) is 10.2 Å². The van der Waals surface area contributed by atoms with Crippen molar-refractivity contribution in [2.75, 3.05) is 5.32 Å². The molecule has 5 nitrogen and oxygen atoms in total. The summed E-state index contributed by atoms with van der Waals surface area (Å²) < 4.78 is 0. The van der Waals surface area contributed by atoms with Crippen molar-refractivity contribution >= 4 is 11.8 Å². The van der Waals surface area contributed by atoms with Crippen LogP contribution in [0.3, 0.4) is 0 Å². The molecule has 0 amide bonds. The van der Waals surface area contributed by atoms with Crippen LogP contribution < -0.4 is 5.32 Å². The molecule has 5 heteroatoms. The van der Waals surface area contributed by atoms with Crippen molar-refractivity contribution in [1.29, 1.82) is 0 Å². The van der Waals surface area contributed by atoms with Gasteiger partial charge in [-0.25, -0.2) is 0 Å². The molecule has 2 rings (SSSR count). The molecule has 1 atom stereocenters. The number of carboxylic acid groups (broad SMARTS) is 1. The Kier molecular flexibility index (Phi) is 4.12. The van der Waals surface area contributed by atoms with Gasteiger partial charge in [0.15, 0.2) is 0 Å². The lowest BCUT2D eigenvalue weighted by Crippen LogP contribution is -2.26. The van der Waals surface area contributed by atoms with Gasteiger partial charge in [0.25, 0.3) is 0 Å². The molecule has 0 aromatic carbocycles. The average molecular weight is 249 g/mol. The van der Waals surface area contributed by atoms with Crippen molar-refractivity contribution in [2.45, 2.75) is 51.0 Å². The van der Waals surface area contributed by atoms with Gasteiger partial charge >= 0.3 is 5.97 Å². The number of hydrogen-bond acceptors (Lipinski definition) is 4. The Bertz CT molecular complexity index is 399. The van der Waals surface area contributed by atoms with Gasteiger partial charge in [0.1, 0.15) is 11.9 Å². The lowest BCUT2D eigenvalue weighted by Gasteiger charge is -2.20. The third-order valence-electron chi connectivity index (χ3n) is 3.44. The zero-order chi connectivity index (χ0) is 13.0. The number of rotatable bonds is 4. The molecule has 98 valence electrons. The number of aliphatic carboxylic acids is 1. The summed E-state index contributed by atoms with van der Waals surface area (Å²) in [5, 5.41) is 19.9. The minimum Gasteiger partial charge on any atom is -0.480 e. The lowest BCUT2D eigenvalue weighted by molar-refractivity contribution is -0.137. The number of hydrogen-bond donors (Lipinski definition) is 2. The maximum Gasteiger partial charge on any atom is 0.325 e. The third-order valence-corrected chi connectivity index (χ3v) is 3.44. The zero-order valence-electron chi connectivity index (χ0n) is 10.6. The maximum atomic E-state index is 10.7. The fraction of sp³-hybridized carbons (Fsp3) is 0.615. The highest BCUT2D eigenvalue weighted by atomic mass is 16.4. The number of aromatic nitrogens is 2. The molecular weight excluding hydrogens is 230 g/mol. The Hall–Kier alpha value is -1.65. The summed E-state index contributed by atoms with van der Waals surface area (Å²) in [6.07, 6.45) is 6.23. The van der Waals surface area contributed by atoms with E-state index in [4.69, 9.17) is 5.11 Å². The van der Waals surface area contributed by atoms with E-state index in [0.717, 1.165) is 5.69 Å². The van der Waals surface area contributed by atoms with Gasteiger partial charge in [-0.2, -0.15) is 5.10 Å². The quantitative estimate of drug-likeness (QED) is 0.857. The third kappa shape index (κ3) is 3.18. The van der Waals surface area contributed by atoms with Crippen molar-refractivity contribution in [3.05, 3.63) is 17.8 Å². The number of carbonyl (C=O) groups is 1.